The summed E-state index contributed by atoms with van der Waals surface area (Å²) in [5.74, 6) is 1.43. The molecular formula is C25H36N2O2S. The average molecular weight is 429 g/mol. The van der Waals surface area contributed by atoms with Crippen molar-refractivity contribution in [3.05, 3.63) is 35.4 Å². The molecule has 3 unspecified atom stereocenters. The Morgan fingerprint density at radius 1 is 1.03 bits per heavy atom. The first-order chi connectivity index (χ1) is 13.9. The highest BCUT2D eigenvalue weighted by atomic mass is 32.2. The monoisotopic (exact) mass is 428 g/mol. The highest BCUT2D eigenvalue weighted by Gasteiger charge is 2.52. The zero-order valence-electron chi connectivity index (χ0n) is 19.3. The van der Waals surface area contributed by atoms with Gasteiger partial charge in [0.25, 0.3) is 5.91 Å². The molecule has 3 atom stereocenters. The van der Waals surface area contributed by atoms with Gasteiger partial charge in [0.15, 0.2) is 0 Å². The third-order valence-corrected chi connectivity index (χ3v) is 8.14. The summed E-state index contributed by atoms with van der Waals surface area (Å²) in [4.78, 5) is 30.8. The second kappa shape index (κ2) is 7.29. The molecule has 5 heteroatoms. The number of carbonyl (C=O) groups is 2. The molecule has 0 aromatic heterocycles. The zero-order valence-corrected chi connectivity index (χ0v) is 20.1. The van der Waals surface area contributed by atoms with Crippen molar-refractivity contribution in [3.8, 4) is 0 Å². The second-order valence-corrected chi connectivity index (χ2v) is 12.8. The SMILES string of the molecule is CC1(C)CC2CC(C)(CN2C(=O)C2CSCN2C(=O)c2ccc(C(C)(C)C)cc2)C1. The van der Waals surface area contributed by atoms with Crippen LogP contribution in [0.2, 0.25) is 0 Å². The largest absolute Gasteiger partial charge is 0.337 e. The highest BCUT2D eigenvalue weighted by Crippen LogP contribution is 2.52. The van der Waals surface area contributed by atoms with Gasteiger partial charge in [0.05, 0.1) is 5.88 Å². The molecule has 2 saturated heterocycles. The first-order valence-corrected chi connectivity index (χ1v) is 12.3. The number of hydrogen-bond donors (Lipinski definition) is 0. The fraction of sp³-hybridized carbons (Fsp3) is 0.680. The van der Waals surface area contributed by atoms with Gasteiger partial charge in [0, 0.05) is 23.9 Å². The van der Waals surface area contributed by atoms with Crippen LogP contribution in [0.3, 0.4) is 0 Å². The number of likely N-dealkylation sites (tertiary alicyclic amines) is 1. The molecule has 0 spiro atoms. The molecule has 1 aromatic carbocycles. The summed E-state index contributed by atoms with van der Waals surface area (Å²) in [5.41, 5.74) is 2.44. The molecule has 2 amide bonds. The molecule has 1 saturated carbocycles. The Kier molecular flexibility index (Phi) is 5.28. The van der Waals surface area contributed by atoms with E-state index in [0.717, 1.165) is 19.4 Å². The van der Waals surface area contributed by atoms with Crippen LogP contribution in [0, 0.1) is 10.8 Å². The minimum absolute atomic E-state index is 0.0208. The van der Waals surface area contributed by atoms with Gasteiger partial charge in [-0.05, 0) is 53.2 Å². The second-order valence-electron chi connectivity index (χ2n) is 11.8. The van der Waals surface area contributed by atoms with Crippen molar-refractivity contribution in [2.45, 2.75) is 78.3 Å². The number of hydrogen-bond acceptors (Lipinski definition) is 3. The van der Waals surface area contributed by atoms with E-state index < -0.39 is 0 Å². The van der Waals surface area contributed by atoms with Crippen molar-refractivity contribution >= 4 is 23.6 Å². The summed E-state index contributed by atoms with van der Waals surface area (Å²) in [6.45, 7) is 14.3. The Hall–Kier alpha value is -1.49. The Labute approximate surface area is 185 Å². The zero-order chi connectivity index (χ0) is 21.9. The van der Waals surface area contributed by atoms with E-state index in [-0.39, 0.29) is 34.1 Å². The van der Waals surface area contributed by atoms with Gasteiger partial charge in [-0.1, -0.05) is 53.7 Å². The van der Waals surface area contributed by atoms with Gasteiger partial charge in [0.1, 0.15) is 6.04 Å². The molecule has 0 radical (unpaired) electrons. The van der Waals surface area contributed by atoms with Crippen LogP contribution in [0.25, 0.3) is 0 Å². The summed E-state index contributed by atoms with van der Waals surface area (Å²) in [6, 6.07) is 7.90. The van der Waals surface area contributed by atoms with E-state index in [1.807, 2.05) is 24.3 Å². The maximum atomic E-state index is 13.6. The van der Waals surface area contributed by atoms with E-state index in [4.69, 9.17) is 0 Å². The summed E-state index contributed by atoms with van der Waals surface area (Å²) in [6.07, 6.45) is 3.34. The lowest BCUT2D eigenvalue weighted by molar-refractivity contribution is -0.136. The first-order valence-electron chi connectivity index (χ1n) is 11.2. The molecule has 1 aromatic rings. The Bertz CT molecular complexity index is 842. The Morgan fingerprint density at radius 3 is 2.33 bits per heavy atom. The van der Waals surface area contributed by atoms with Crippen molar-refractivity contribution in [2.75, 3.05) is 18.2 Å². The van der Waals surface area contributed by atoms with Gasteiger partial charge < -0.3 is 9.80 Å². The Balaban J connectivity index is 1.51. The maximum absolute atomic E-state index is 13.6. The fourth-order valence-corrected chi connectivity index (χ4v) is 7.18. The Morgan fingerprint density at radius 2 is 1.70 bits per heavy atom. The summed E-state index contributed by atoms with van der Waals surface area (Å²) in [5, 5.41) is 0. The van der Waals surface area contributed by atoms with Gasteiger partial charge in [-0.15, -0.1) is 11.8 Å². The number of rotatable bonds is 2. The van der Waals surface area contributed by atoms with E-state index in [9.17, 15) is 9.59 Å². The van der Waals surface area contributed by atoms with E-state index in [1.165, 1.54) is 12.0 Å². The molecule has 2 aliphatic heterocycles. The van der Waals surface area contributed by atoms with Gasteiger partial charge in [-0.25, -0.2) is 0 Å². The van der Waals surface area contributed by atoms with Crippen molar-refractivity contribution in [3.63, 3.8) is 0 Å². The lowest BCUT2D eigenvalue weighted by Crippen LogP contribution is -2.50. The quantitative estimate of drug-likeness (QED) is 0.671. The summed E-state index contributed by atoms with van der Waals surface area (Å²) in [7, 11) is 0. The summed E-state index contributed by atoms with van der Waals surface area (Å²) < 4.78 is 0. The van der Waals surface area contributed by atoms with Crippen molar-refractivity contribution in [2.24, 2.45) is 10.8 Å². The number of nitrogens with zero attached hydrogens (tertiary/aromatic N) is 2. The lowest BCUT2D eigenvalue weighted by Gasteiger charge is -2.39. The molecule has 4 nitrogen and oxygen atoms in total. The molecular weight excluding hydrogens is 392 g/mol. The smallest absolute Gasteiger partial charge is 0.255 e. The number of benzene rings is 1. The topological polar surface area (TPSA) is 40.6 Å². The van der Waals surface area contributed by atoms with E-state index in [2.05, 4.69) is 46.4 Å². The molecule has 2 heterocycles. The minimum atomic E-state index is -0.337. The minimum Gasteiger partial charge on any atom is -0.337 e. The maximum Gasteiger partial charge on any atom is 0.255 e. The van der Waals surface area contributed by atoms with Crippen LogP contribution in [0.15, 0.2) is 24.3 Å². The molecule has 2 bridgehead atoms. The van der Waals surface area contributed by atoms with E-state index in [1.54, 1.807) is 16.7 Å². The summed E-state index contributed by atoms with van der Waals surface area (Å²) >= 11 is 1.69. The van der Waals surface area contributed by atoms with Gasteiger partial charge >= 0.3 is 0 Å². The first kappa shape index (κ1) is 21.7. The van der Waals surface area contributed by atoms with Crippen LogP contribution in [0.1, 0.15) is 76.7 Å². The van der Waals surface area contributed by atoms with Crippen molar-refractivity contribution < 1.29 is 9.59 Å². The number of amides is 2. The number of fused-ring (bicyclic) bond motifs is 2. The third-order valence-electron chi connectivity index (χ3n) is 7.12. The predicted octanol–water partition coefficient (Wildman–Crippen LogP) is 4.93. The van der Waals surface area contributed by atoms with Crippen LogP contribution >= 0.6 is 11.8 Å². The standard InChI is InChI=1S/C25H36N2O2S/c1-23(2,3)18-9-7-17(8-10-18)21(28)27-16-30-13-20(27)22(29)26-15-25(6)12-19(26)11-24(4,5)14-25/h7-10,19-20H,11-16H2,1-6H3. The molecule has 3 fully saturated rings. The fourth-order valence-electron chi connectivity index (χ4n) is 6.04. The third kappa shape index (κ3) is 4.02. The molecule has 30 heavy (non-hydrogen) atoms. The lowest BCUT2D eigenvalue weighted by atomic mass is 9.65. The average Bonchev–Trinajstić information content (AvgIpc) is 3.21. The molecule has 1 aliphatic carbocycles. The van der Waals surface area contributed by atoms with Crippen LogP contribution in [0.5, 0.6) is 0 Å². The number of thioether (sulfide) groups is 1. The van der Waals surface area contributed by atoms with E-state index in [0.29, 0.717) is 23.2 Å². The van der Waals surface area contributed by atoms with Gasteiger partial charge in [-0.2, -0.15) is 0 Å². The molecule has 0 N–H and O–H groups in total. The van der Waals surface area contributed by atoms with Crippen LogP contribution in [-0.4, -0.2) is 51.9 Å². The van der Waals surface area contributed by atoms with Crippen LogP contribution in [0.4, 0.5) is 0 Å². The predicted molar refractivity (Wildman–Crippen MR) is 124 cm³/mol. The highest BCUT2D eigenvalue weighted by molar-refractivity contribution is 7.99. The van der Waals surface area contributed by atoms with Crippen molar-refractivity contribution in [1.29, 1.82) is 0 Å². The molecule has 4 rings (SSSR count). The van der Waals surface area contributed by atoms with Crippen LogP contribution in [-0.2, 0) is 10.2 Å². The van der Waals surface area contributed by atoms with Gasteiger partial charge in [-0.3, -0.25) is 9.59 Å². The van der Waals surface area contributed by atoms with Gasteiger partial charge in [0.2, 0.25) is 5.91 Å². The van der Waals surface area contributed by atoms with E-state index >= 15 is 0 Å². The molecule has 164 valence electrons. The van der Waals surface area contributed by atoms with Crippen LogP contribution < -0.4 is 0 Å². The van der Waals surface area contributed by atoms with Crippen molar-refractivity contribution in [1.82, 2.24) is 9.80 Å². The normalized spacial score (nSPS) is 30.6. The molecule has 3 aliphatic rings. The number of carbonyl (C=O) groups excluding carboxylic acids is 2.